The standard InChI is InChI=1S/C31H27N2O.C19H26NSi.Ir/c1-19(2)21-12-9-13-22(20(3)4)29(21)33-27-17-7-6-16-26(27)32-31(33)25-15-10-14-24-23-11-5-8-18-28(23)34-30(24)25;1-14(2)11-17-12-18(16-9-7-15(3)8-10-16)20-13-19(17)21(4,5)6;/h5-14,16-20H,1-4H3;7-9,12-14H,11H2,1-6H3;/q2*-1;. The molecule has 3 aromatic heterocycles. The quantitative estimate of drug-likeness (QED) is 0.113. The molecule has 0 saturated heterocycles. The molecule has 3 heterocycles. The van der Waals surface area contributed by atoms with Crippen molar-refractivity contribution in [3.05, 3.63) is 144 Å². The molecule has 0 atom stereocenters. The maximum absolute atomic E-state index is 6.40. The molecule has 0 spiro atoms. The van der Waals surface area contributed by atoms with Gasteiger partial charge in [-0.1, -0.05) is 139 Å². The van der Waals surface area contributed by atoms with E-state index >= 15 is 0 Å². The number of imidazole rings is 1. The molecule has 8 rings (SSSR count). The van der Waals surface area contributed by atoms with Crippen molar-refractivity contribution in [1.82, 2.24) is 14.5 Å². The molecule has 0 N–H and O–H groups in total. The van der Waals surface area contributed by atoms with Gasteiger partial charge in [0.15, 0.2) is 0 Å². The van der Waals surface area contributed by atoms with Crippen molar-refractivity contribution in [1.29, 1.82) is 0 Å². The average molecular weight is 932 g/mol. The summed E-state index contributed by atoms with van der Waals surface area (Å²) in [5, 5.41) is 3.69. The fourth-order valence-corrected chi connectivity index (χ4v) is 9.23. The molecule has 0 fully saturated rings. The van der Waals surface area contributed by atoms with Crippen molar-refractivity contribution in [2.45, 2.75) is 86.4 Å². The Bertz CT molecular complexity index is 2580. The minimum Gasteiger partial charge on any atom is -0.501 e. The van der Waals surface area contributed by atoms with Crippen LogP contribution >= 0.6 is 0 Å². The van der Waals surface area contributed by atoms with Gasteiger partial charge in [0.2, 0.25) is 0 Å². The largest absolute Gasteiger partial charge is 0.501 e. The summed E-state index contributed by atoms with van der Waals surface area (Å²) in [4.78, 5) is 9.87. The van der Waals surface area contributed by atoms with Crippen LogP contribution in [-0.4, -0.2) is 22.6 Å². The van der Waals surface area contributed by atoms with E-state index in [-0.39, 0.29) is 20.1 Å². The van der Waals surface area contributed by atoms with E-state index in [0.29, 0.717) is 17.8 Å². The zero-order valence-electron chi connectivity index (χ0n) is 34.4. The van der Waals surface area contributed by atoms with Gasteiger partial charge in [0.05, 0.1) is 30.5 Å². The zero-order valence-corrected chi connectivity index (χ0v) is 37.8. The summed E-state index contributed by atoms with van der Waals surface area (Å²) < 4.78 is 8.73. The second-order valence-corrected chi connectivity index (χ2v) is 21.9. The van der Waals surface area contributed by atoms with Crippen LogP contribution in [0.4, 0.5) is 0 Å². The molecule has 5 aromatic carbocycles. The topological polar surface area (TPSA) is 43.9 Å². The van der Waals surface area contributed by atoms with Crippen molar-refractivity contribution >= 4 is 46.2 Å². The molecule has 0 saturated carbocycles. The third-order valence-corrected chi connectivity index (χ3v) is 12.4. The van der Waals surface area contributed by atoms with Gasteiger partial charge < -0.3 is 14.0 Å². The zero-order chi connectivity index (χ0) is 39.0. The molecule has 0 aliphatic rings. The van der Waals surface area contributed by atoms with Gasteiger partial charge in [0.25, 0.3) is 0 Å². The first-order valence-corrected chi connectivity index (χ1v) is 23.2. The normalized spacial score (nSPS) is 11.8. The van der Waals surface area contributed by atoms with Crippen LogP contribution < -0.4 is 5.19 Å². The first-order chi connectivity index (χ1) is 26.3. The SMILES string of the molecule is CC(C)c1cccc(C(C)C)c1-n1c(-c2[c-]ccc3c2oc2ccccc23)nc2ccccc21.Cc1c[c-]c(-c2cc(CC(C)C)c([Si](C)(C)C)cn2)cc1.[Ir]. The minimum absolute atomic E-state index is 0. The van der Waals surface area contributed by atoms with Crippen LogP contribution in [0.1, 0.15) is 75.6 Å². The van der Waals surface area contributed by atoms with Crippen molar-refractivity contribution in [3.63, 3.8) is 0 Å². The molecule has 6 heteroatoms. The fraction of sp³-hybridized carbons (Fsp3) is 0.280. The molecule has 0 bridgehead atoms. The van der Waals surface area contributed by atoms with Crippen molar-refractivity contribution in [3.8, 4) is 28.3 Å². The Labute approximate surface area is 347 Å². The first-order valence-electron chi connectivity index (χ1n) is 19.7. The number of benzene rings is 5. The number of pyridine rings is 1. The van der Waals surface area contributed by atoms with Crippen molar-refractivity contribution < 1.29 is 24.5 Å². The number of hydrogen-bond donors (Lipinski definition) is 0. The summed E-state index contributed by atoms with van der Waals surface area (Å²) in [5.74, 6) is 2.26. The minimum atomic E-state index is -1.35. The van der Waals surface area contributed by atoms with Gasteiger partial charge in [-0.05, 0) is 64.4 Å². The van der Waals surface area contributed by atoms with E-state index in [1.54, 1.807) is 0 Å². The molecule has 56 heavy (non-hydrogen) atoms. The van der Waals surface area contributed by atoms with Gasteiger partial charge >= 0.3 is 0 Å². The molecule has 8 aromatic rings. The number of fused-ring (bicyclic) bond motifs is 4. The van der Waals surface area contributed by atoms with Crippen LogP contribution in [0.5, 0.6) is 0 Å². The van der Waals surface area contributed by atoms with E-state index in [1.165, 1.54) is 33.1 Å². The van der Waals surface area contributed by atoms with Gasteiger partial charge in [-0.25, -0.2) is 0 Å². The van der Waals surface area contributed by atoms with Gasteiger partial charge in [-0.2, -0.15) is 0 Å². The van der Waals surface area contributed by atoms with Crippen LogP contribution in [0.2, 0.25) is 19.6 Å². The summed E-state index contributed by atoms with van der Waals surface area (Å²) in [7, 11) is -1.35. The van der Waals surface area contributed by atoms with Gasteiger partial charge in [-0.15, -0.1) is 53.6 Å². The average Bonchev–Trinajstić information content (AvgIpc) is 3.73. The van der Waals surface area contributed by atoms with Crippen LogP contribution in [0.25, 0.3) is 61.3 Å². The summed E-state index contributed by atoms with van der Waals surface area (Å²) in [5.41, 5.74) is 13.3. The van der Waals surface area contributed by atoms with Gasteiger partial charge in [-0.3, -0.25) is 4.98 Å². The van der Waals surface area contributed by atoms with Gasteiger partial charge in [0, 0.05) is 37.4 Å². The first kappa shape index (κ1) is 41.0. The second kappa shape index (κ2) is 16.9. The Morgan fingerprint density at radius 3 is 2.12 bits per heavy atom. The van der Waals surface area contributed by atoms with Crippen LogP contribution in [0, 0.1) is 25.0 Å². The number of para-hydroxylation sites is 4. The predicted molar refractivity (Wildman–Crippen MR) is 236 cm³/mol. The summed E-state index contributed by atoms with van der Waals surface area (Å²) >= 11 is 0. The number of furan rings is 1. The molecule has 1 radical (unpaired) electrons. The van der Waals surface area contributed by atoms with Crippen LogP contribution in [0.15, 0.2) is 114 Å². The molecule has 4 nitrogen and oxygen atoms in total. The number of nitrogens with zero attached hydrogens (tertiary/aromatic N) is 3. The Kier molecular flexibility index (Phi) is 12.4. The smallest absolute Gasteiger partial charge is 0.120 e. The molecular weight excluding hydrogens is 879 g/mol. The number of hydrogen-bond acceptors (Lipinski definition) is 3. The maximum Gasteiger partial charge on any atom is 0.120 e. The van der Waals surface area contributed by atoms with Crippen molar-refractivity contribution in [2.75, 3.05) is 0 Å². The third-order valence-electron chi connectivity index (χ3n) is 10.4. The van der Waals surface area contributed by atoms with Crippen molar-refractivity contribution in [2.24, 2.45) is 5.92 Å². The summed E-state index contributed by atoms with van der Waals surface area (Å²) in [6, 6.07) is 42.7. The molecule has 0 aliphatic carbocycles. The summed E-state index contributed by atoms with van der Waals surface area (Å²) in [6.07, 6.45) is 3.24. The monoisotopic (exact) mass is 932 g/mol. The molecule has 0 amide bonds. The Hall–Kier alpha value is -4.61. The molecule has 0 aliphatic heterocycles. The van der Waals surface area contributed by atoms with E-state index in [4.69, 9.17) is 14.4 Å². The molecule has 0 unspecified atom stereocenters. The summed E-state index contributed by atoms with van der Waals surface area (Å²) in [6.45, 7) is 22.9. The Balaban J connectivity index is 0.000000209. The predicted octanol–water partition coefficient (Wildman–Crippen LogP) is 13.2. The number of rotatable bonds is 8. The van der Waals surface area contributed by atoms with E-state index in [9.17, 15) is 0 Å². The van der Waals surface area contributed by atoms with E-state index < -0.39 is 8.07 Å². The molecule has 289 valence electrons. The number of aromatic nitrogens is 3. The maximum atomic E-state index is 6.40. The molecular formula is C50H53IrN3OSi-2. The second-order valence-electron chi connectivity index (χ2n) is 16.9. The van der Waals surface area contributed by atoms with E-state index in [0.717, 1.165) is 62.0 Å². The van der Waals surface area contributed by atoms with E-state index in [1.807, 2.05) is 30.3 Å². The van der Waals surface area contributed by atoms with Crippen LogP contribution in [0.3, 0.4) is 0 Å². The van der Waals surface area contributed by atoms with E-state index in [2.05, 4.69) is 164 Å². The van der Waals surface area contributed by atoms with Crippen LogP contribution in [-0.2, 0) is 26.5 Å². The Morgan fingerprint density at radius 2 is 1.46 bits per heavy atom. The Morgan fingerprint density at radius 1 is 0.768 bits per heavy atom. The van der Waals surface area contributed by atoms with Gasteiger partial charge in [0.1, 0.15) is 5.58 Å². The number of aryl methyl sites for hydroxylation is 1. The fourth-order valence-electron chi connectivity index (χ4n) is 7.64. The third kappa shape index (κ3) is 8.25.